The molecule has 118 valence electrons. The van der Waals surface area contributed by atoms with Gasteiger partial charge in [-0.3, -0.25) is 0 Å². The maximum atomic E-state index is 12.3. The molecule has 0 radical (unpaired) electrons. The smallest absolute Gasteiger partial charge is 0.242 e. The van der Waals surface area contributed by atoms with Crippen LogP contribution in [0.4, 0.5) is 5.69 Å². The number of nitrogens with zero attached hydrogens (tertiary/aromatic N) is 1. The van der Waals surface area contributed by atoms with Gasteiger partial charge in [-0.2, -0.15) is 0 Å². The normalized spacial score (nSPS) is 23.0. The molecule has 2 rings (SSSR count). The van der Waals surface area contributed by atoms with Crippen molar-refractivity contribution in [3.8, 4) is 0 Å². The van der Waals surface area contributed by atoms with Crippen molar-refractivity contribution in [2.24, 2.45) is 5.73 Å². The minimum atomic E-state index is -3.45. The fraction of sp³-hybridized carbons (Fsp3) is 0.600. The molecule has 21 heavy (non-hydrogen) atoms. The summed E-state index contributed by atoms with van der Waals surface area (Å²) in [5.74, 6) is 0. The van der Waals surface area contributed by atoms with Crippen LogP contribution in [0.15, 0.2) is 29.2 Å². The summed E-state index contributed by atoms with van der Waals surface area (Å²) in [4.78, 5) is 2.44. The molecule has 1 aliphatic carbocycles. The monoisotopic (exact) mass is 311 g/mol. The first-order valence-corrected chi connectivity index (χ1v) is 9.01. The topological polar surface area (TPSA) is 75.4 Å². The van der Waals surface area contributed by atoms with E-state index in [1.807, 2.05) is 19.2 Å². The molecule has 6 heteroatoms. The van der Waals surface area contributed by atoms with Crippen LogP contribution >= 0.6 is 0 Å². The van der Waals surface area contributed by atoms with Crippen molar-refractivity contribution in [3.63, 3.8) is 0 Å². The summed E-state index contributed by atoms with van der Waals surface area (Å²) in [7, 11) is -1.48. The van der Waals surface area contributed by atoms with Crippen LogP contribution in [0.1, 0.15) is 32.6 Å². The molecule has 0 bridgehead atoms. The second-order valence-corrected chi connectivity index (χ2v) is 7.38. The summed E-state index contributed by atoms with van der Waals surface area (Å²) in [5, 5.41) is 0. The quantitative estimate of drug-likeness (QED) is 0.868. The lowest BCUT2D eigenvalue weighted by atomic mass is 9.91. The molecule has 1 aromatic rings. The highest BCUT2D eigenvalue weighted by molar-refractivity contribution is 7.89. The fourth-order valence-electron chi connectivity index (χ4n) is 2.93. The van der Waals surface area contributed by atoms with Gasteiger partial charge in [-0.05, 0) is 37.8 Å². The maximum Gasteiger partial charge on any atom is 0.242 e. The Morgan fingerprint density at radius 3 is 2.48 bits per heavy atom. The van der Waals surface area contributed by atoms with Crippen LogP contribution in [0, 0.1) is 0 Å². The average molecular weight is 311 g/mol. The van der Waals surface area contributed by atoms with Gasteiger partial charge in [0.15, 0.2) is 0 Å². The highest BCUT2D eigenvalue weighted by Crippen LogP contribution is 2.30. The molecule has 1 fully saturated rings. The highest BCUT2D eigenvalue weighted by Gasteiger charge is 2.26. The predicted molar refractivity (Wildman–Crippen MR) is 85.9 cm³/mol. The molecule has 5 nitrogen and oxygen atoms in total. The maximum absolute atomic E-state index is 12.3. The Kier molecular flexibility index (Phi) is 5.24. The molecular weight excluding hydrogens is 286 g/mol. The van der Waals surface area contributed by atoms with E-state index in [0.29, 0.717) is 17.5 Å². The van der Waals surface area contributed by atoms with Gasteiger partial charge in [-0.15, -0.1) is 0 Å². The Morgan fingerprint density at radius 2 is 1.86 bits per heavy atom. The van der Waals surface area contributed by atoms with E-state index in [0.717, 1.165) is 31.4 Å². The van der Waals surface area contributed by atoms with Gasteiger partial charge in [0.2, 0.25) is 10.0 Å². The Balaban J connectivity index is 2.27. The lowest BCUT2D eigenvalue weighted by molar-refractivity contribution is 0.384. The number of benzene rings is 1. The number of anilines is 1. The standard InChI is InChI=1S/C15H25N3O2S/c1-3-17-21(19,20)15-7-5-4-6-14(15)18(2)13-10-8-12(16)9-11-13/h4-7,12-13,17H,3,8-11,16H2,1-2H3. The zero-order chi connectivity index (χ0) is 15.5. The number of rotatable bonds is 5. The minimum absolute atomic E-state index is 0.287. The number of sulfonamides is 1. The van der Waals surface area contributed by atoms with Crippen LogP contribution in [-0.4, -0.2) is 34.1 Å². The van der Waals surface area contributed by atoms with Gasteiger partial charge >= 0.3 is 0 Å². The van der Waals surface area contributed by atoms with Crippen molar-refractivity contribution in [1.29, 1.82) is 0 Å². The van der Waals surface area contributed by atoms with Gasteiger partial charge < -0.3 is 10.6 Å². The van der Waals surface area contributed by atoms with E-state index in [-0.39, 0.29) is 6.04 Å². The zero-order valence-electron chi connectivity index (χ0n) is 12.7. The predicted octanol–water partition coefficient (Wildman–Crippen LogP) is 1.69. The molecule has 1 saturated carbocycles. The summed E-state index contributed by atoms with van der Waals surface area (Å²) in [6, 6.07) is 7.82. The first-order valence-electron chi connectivity index (χ1n) is 7.52. The van der Waals surface area contributed by atoms with E-state index in [9.17, 15) is 8.42 Å². The van der Waals surface area contributed by atoms with Crippen molar-refractivity contribution in [2.75, 3.05) is 18.5 Å². The van der Waals surface area contributed by atoms with Crippen LogP contribution in [0.25, 0.3) is 0 Å². The van der Waals surface area contributed by atoms with Gasteiger partial charge in [0.1, 0.15) is 4.90 Å². The minimum Gasteiger partial charge on any atom is -0.371 e. The van der Waals surface area contributed by atoms with E-state index >= 15 is 0 Å². The zero-order valence-corrected chi connectivity index (χ0v) is 13.6. The molecular formula is C15H25N3O2S. The molecule has 0 amide bonds. The van der Waals surface area contributed by atoms with Gasteiger partial charge in [0.05, 0.1) is 5.69 Å². The largest absolute Gasteiger partial charge is 0.371 e. The molecule has 3 N–H and O–H groups in total. The third-order valence-corrected chi connectivity index (χ3v) is 5.75. The van der Waals surface area contributed by atoms with Gasteiger partial charge in [-0.25, -0.2) is 13.1 Å². The molecule has 1 aliphatic rings. The molecule has 0 aliphatic heterocycles. The summed E-state index contributed by atoms with van der Waals surface area (Å²) < 4.78 is 27.2. The molecule has 0 unspecified atom stereocenters. The average Bonchev–Trinajstić information content (AvgIpc) is 2.47. The summed E-state index contributed by atoms with van der Waals surface area (Å²) in [6.45, 7) is 2.17. The third-order valence-electron chi connectivity index (χ3n) is 4.16. The van der Waals surface area contributed by atoms with E-state index in [2.05, 4.69) is 9.62 Å². The number of nitrogens with two attached hydrogens (primary N) is 1. The Labute approximate surface area is 127 Å². The molecule has 0 spiro atoms. The Hall–Kier alpha value is -1.11. The highest BCUT2D eigenvalue weighted by atomic mass is 32.2. The van der Waals surface area contributed by atoms with Crippen LogP contribution in [0.2, 0.25) is 0 Å². The third kappa shape index (κ3) is 3.75. The number of hydrogen-bond donors (Lipinski definition) is 2. The van der Waals surface area contributed by atoms with Crippen LogP contribution < -0.4 is 15.4 Å². The SMILES string of the molecule is CCNS(=O)(=O)c1ccccc1N(C)C1CCC(N)CC1. The molecule has 0 saturated heterocycles. The van der Waals surface area contributed by atoms with Crippen molar-refractivity contribution >= 4 is 15.7 Å². The summed E-state index contributed by atoms with van der Waals surface area (Å²) >= 11 is 0. The molecule has 0 heterocycles. The van der Waals surface area contributed by atoms with Crippen molar-refractivity contribution < 1.29 is 8.42 Å². The van der Waals surface area contributed by atoms with Gasteiger partial charge in [0.25, 0.3) is 0 Å². The lowest BCUT2D eigenvalue weighted by Crippen LogP contribution is -2.39. The number of hydrogen-bond acceptors (Lipinski definition) is 4. The number of para-hydroxylation sites is 1. The second-order valence-electron chi connectivity index (χ2n) is 5.65. The number of nitrogens with one attached hydrogen (secondary N) is 1. The van der Waals surface area contributed by atoms with Crippen LogP contribution in [0.3, 0.4) is 0 Å². The summed E-state index contributed by atoms with van der Waals surface area (Å²) in [6.07, 6.45) is 4.01. The first-order chi connectivity index (χ1) is 9.95. The first kappa shape index (κ1) is 16.3. The summed E-state index contributed by atoms with van der Waals surface area (Å²) in [5.41, 5.74) is 6.71. The Bertz CT molecular complexity index is 566. The fourth-order valence-corrected chi connectivity index (χ4v) is 4.21. The van der Waals surface area contributed by atoms with Crippen molar-refractivity contribution in [2.45, 2.75) is 49.6 Å². The van der Waals surface area contributed by atoms with E-state index in [1.54, 1.807) is 19.1 Å². The molecule has 1 aromatic carbocycles. The van der Waals surface area contributed by atoms with Gasteiger partial charge in [0, 0.05) is 25.7 Å². The van der Waals surface area contributed by atoms with E-state index in [1.165, 1.54) is 0 Å². The van der Waals surface area contributed by atoms with Crippen molar-refractivity contribution in [1.82, 2.24) is 4.72 Å². The van der Waals surface area contributed by atoms with Crippen LogP contribution in [0.5, 0.6) is 0 Å². The molecule has 0 atom stereocenters. The van der Waals surface area contributed by atoms with Crippen molar-refractivity contribution in [3.05, 3.63) is 24.3 Å². The van der Waals surface area contributed by atoms with E-state index in [4.69, 9.17) is 5.73 Å². The van der Waals surface area contributed by atoms with E-state index < -0.39 is 10.0 Å². The lowest BCUT2D eigenvalue weighted by Gasteiger charge is -2.35. The van der Waals surface area contributed by atoms with Crippen LogP contribution in [-0.2, 0) is 10.0 Å². The Morgan fingerprint density at radius 1 is 1.24 bits per heavy atom. The van der Waals surface area contributed by atoms with Gasteiger partial charge in [-0.1, -0.05) is 19.1 Å². The molecule has 0 aromatic heterocycles. The second kappa shape index (κ2) is 6.77.